The third-order valence-corrected chi connectivity index (χ3v) is 3.64. The summed E-state index contributed by atoms with van der Waals surface area (Å²) in [5.74, 6) is 0. The standard InChI is InChI=1S/C15H19N3O2/c19-15(18-7-9-20-10-8-18)16-6-5-12-11-17-14-4-2-1-3-13(12)14/h1-4,11,17H,5-10H2,(H,16,19). The minimum absolute atomic E-state index is 0.00754. The summed E-state index contributed by atoms with van der Waals surface area (Å²) >= 11 is 0. The molecule has 3 rings (SSSR count). The number of urea groups is 1. The maximum Gasteiger partial charge on any atom is 0.317 e. The Morgan fingerprint density at radius 2 is 2.10 bits per heavy atom. The predicted octanol–water partition coefficient (Wildman–Crippen LogP) is 1.75. The number of rotatable bonds is 3. The van der Waals surface area contributed by atoms with Gasteiger partial charge in [0.25, 0.3) is 0 Å². The van der Waals surface area contributed by atoms with Gasteiger partial charge in [0.05, 0.1) is 13.2 Å². The largest absolute Gasteiger partial charge is 0.378 e. The van der Waals surface area contributed by atoms with E-state index in [-0.39, 0.29) is 6.03 Å². The Balaban J connectivity index is 1.53. The lowest BCUT2D eigenvalue weighted by Gasteiger charge is -2.26. The Hall–Kier alpha value is -2.01. The summed E-state index contributed by atoms with van der Waals surface area (Å²) in [7, 11) is 0. The fourth-order valence-electron chi connectivity index (χ4n) is 2.52. The number of hydrogen-bond acceptors (Lipinski definition) is 2. The van der Waals surface area contributed by atoms with E-state index < -0.39 is 0 Å². The molecule has 5 heteroatoms. The second kappa shape index (κ2) is 5.96. The van der Waals surface area contributed by atoms with Crippen LogP contribution in [0, 0.1) is 0 Å². The molecule has 1 aromatic carbocycles. The lowest BCUT2D eigenvalue weighted by Crippen LogP contribution is -2.46. The van der Waals surface area contributed by atoms with E-state index in [1.807, 2.05) is 18.3 Å². The number of ether oxygens (including phenoxy) is 1. The Kier molecular flexibility index (Phi) is 3.87. The molecule has 1 aliphatic heterocycles. The fourth-order valence-corrected chi connectivity index (χ4v) is 2.52. The second-order valence-corrected chi connectivity index (χ2v) is 4.94. The Morgan fingerprint density at radius 3 is 2.95 bits per heavy atom. The summed E-state index contributed by atoms with van der Waals surface area (Å²) in [6, 6.07) is 8.22. The quantitative estimate of drug-likeness (QED) is 0.895. The zero-order valence-corrected chi connectivity index (χ0v) is 11.4. The van der Waals surface area contributed by atoms with Crippen molar-refractivity contribution in [1.82, 2.24) is 15.2 Å². The van der Waals surface area contributed by atoms with Gasteiger partial charge in [-0.3, -0.25) is 0 Å². The molecule has 1 aromatic heterocycles. The number of benzene rings is 1. The van der Waals surface area contributed by atoms with Crippen LogP contribution in [0.1, 0.15) is 5.56 Å². The topological polar surface area (TPSA) is 57.4 Å². The Morgan fingerprint density at radius 1 is 1.30 bits per heavy atom. The third-order valence-electron chi connectivity index (χ3n) is 3.64. The third kappa shape index (κ3) is 2.77. The molecule has 20 heavy (non-hydrogen) atoms. The van der Waals surface area contributed by atoms with Crippen molar-refractivity contribution in [3.05, 3.63) is 36.0 Å². The van der Waals surface area contributed by atoms with Crippen LogP contribution >= 0.6 is 0 Å². The van der Waals surface area contributed by atoms with E-state index in [0.29, 0.717) is 32.8 Å². The monoisotopic (exact) mass is 273 g/mol. The molecular weight excluding hydrogens is 254 g/mol. The average molecular weight is 273 g/mol. The first-order chi connectivity index (χ1) is 9.84. The van der Waals surface area contributed by atoms with E-state index in [2.05, 4.69) is 22.4 Å². The SMILES string of the molecule is O=C(NCCc1c[nH]c2ccccc12)N1CCOCC1. The van der Waals surface area contributed by atoms with Gasteiger partial charge in [0, 0.05) is 36.7 Å². The summed E-state index contributed by atoms with van der Waals surface area (Å²) in [6.07, 6.45) is 2.85. The molecule has 0 unspecified atom stereocenters. The predicted molar refractivity (Wildman–Crippen MR) is 77.8 cm³/mol. The van der Waals surface area contributed by atoms with Crippen molar-refractivity contribution in [2.75, 3.05) is 32.8 Å². The van der Waals surface area contributed by atoms with E-state index >= 15 is 0 Å². The van der Waals surface area contributed by atoms with Gasteiger partial charge in [-0.2, -0.15) is 0 Å². The van der Waals surface area contributed by atoms with Gasteiger partial charge in [-0.15, -0.1) is 0 Å². The van der Waals surface area contributed by atoms with Crippen LogP contribution in [0.3, 0.4) is 0 Å². The van der Waals surface area contributed by atoms with Gasteiger partial charge >= 0.3 is 6.03 Å². The number of morpholine rings is 1. The molecule has 2 aromatic rings. The van der Waals surface area contributed by atoms with E-state index in [4.69, 9.17) is 4.74 Å². The highest BCUT2D eigenvalue weighted by molar-refractivity contribution is 5.83. The molecule has 1 fully saturated rings. The van der Waals surface area contributed by atoms with Crippen molar-refractivity contribution < 1.29 is 9.53 Å². The minimum atomic E-state index is 0.00754. The molecule has 0 spiro atoms. The van der Waals surface area contributed by atoms with Gasteiger partial charge in [-0.25, -0.2) is 4.79 Å². The highest BCUT2D eigenvalue weighted by Gasteiger charge is 2.15. The van der Waals surface area contributed by atoms with Gasteiger partial charge in [0.2, 0.25) is 0 Å². The normalized spacial score (nSPS) is 15.5. The van der Waals surface area contributed by atoms with Crippen LogP contribution in [0.25, 0.3) is 10.9 Å². The summed E-state index contributed by atoms with van der Waals surface area (Å²) in [6.45, 7) is 3.28. The van der Waals surface area contributed by atoms with Crippen LogP contribution in [-0.2, 0) is 11.2 Å². The van der Waals surface area contributed by atoms with Gasteiger partial charge in [-0.1, -0.05) is 18.2 Å². The first-order valence-electron chi connectivity index (χ1n) is 7.00. The number of fused-ring (bicyclic) bond motifs is 1. The van der Waals surface area contributed by atoms with Gasteiger partial charge in [-0.05, 0) is 18.1 Å². The molecule has 0 aliphatic carbocycles. The number of aromatic nitrogens is 1. The number of hydrogen-bond donors (Lipinski definition) is 2. The number of nitrogens with zero attached hydrogens (tertiary/aromatic N) is 1. The van der Waals surface area contributed by atoms with Crippen LogP contribution in [0.2, 0.25) is 0 Å². The molecule has 0 radical (unpaired) electrons. The van der Waals surface area contributed by atoms with Crippen molar-refractivity contribution in [3.8, 4) is 0 Å². The maximum atomic E-state index is 11.9. The average Bonchev–Trinajstić information content (AvgIpc) is 2.92. The first-order valence-corrected chi connectivity index (χ1v) is 7.00. The number of nitrogens with one attached hydrogen (secondary N) is 2. The number of aromatic amines is 1. The van der Waals surface area contributed by atoms with Crippen LogP contribution in [0.15, 0.2) is 30.5 Å². The van der Waals surface area contributed by atoms with Gasteiger partial charge in [0.15, 0.2) is 0 Å². The van der Waals surface area contributed by atoms with Gasteiger partial charge < -0.3 is 19.9 Å². The summed E-state index contributed by atoms with van der Waals surface area (Å²) in [4.78, 5) is 17.0. The second-order valence-electron chi connectivity index (χ2n) is 4.94. The van der Waals surface area contributed by atoms with Crippen molar-refractivity contribution >= 4 is 16.9 Å². The molecule has 0 bridgehead atoms. The Bertz CT molecular complexity index is 588. The highest BCUT2D eigenvalue weighted by atomic mass is 16.5. The van der Waals surface area contributed by atoms with Crippen molar-refractivity contribution in [1.29, 1.82) is 0 Å². The zero-order chi connectivity index (χ0) is 13.8. The van der Waals surface area contributed by atoms with E-state index in [0.717, 1.165) is 11.9 Å². The van der Waals surface area contributed by atoms with Crippen LogP contribution in [0.5, 0.6) is 0 Å². The summed E-state index contributed by atoms with van der Waals surface area (Å²) < 4.78 is 5.24. The minimum Gasteiger partial charge on any atom is -0.378 e. The van der Waals surface area contributed by atoms with Crippen molar-refractivity contribution in [3.63, 3.8) is 0 Å². The molecule has 0 atom stereocenters. The number of H-pyrrole nitrogens is 1. The smallest absolute Gasteiger partial charge is 0.317 e. The molecule has 5 nitrogen and oxygen atoms in total. The number of carbonyl (C=O) groups excluding carboxylic acids is 1. The van der Waals surface area contributed by atoms with E-state index in [9.17, 15) is 4.79 Å². The lowest BCUT2D eigenvalue weighted by atomic mass is 10.1. The molecule has 1 aliphatic rings. The van der Waals surface area contributed by atoms with Crippen molar-refractivity contribution in [2.24, 2.45) is 0 Å². The molecule has 0 saturated carbocycles. The number of carbonyl (C=O) groups is 1. The Labute approximate surface area is 117 Å². The van der Waals surface area contributed by atoms with Crippen LogP contribution in [-0.4, -0.2) is 48.8 Å². The highest BCUT2D eigenvalue weighted by Crippen LogP contribution is 2.17. The number of para-hydroxylation sites is 1. The fraction of sp³-hybridized carbons (Fsp3) is 0.400. The summed E-state index contributed by atoms with van der Waals surface area (Å²) in [5.41, 5.74) is 2.38. The van der Waals surface area contributed by atoms with Gasteiger partial charge in [0.1, 0.15) is 0 Å². The first kappa shape index (κ1) is 13.0. The maximum absolute atomic E-state index is 11.9. The molecule has 106 valence electrons. The zero-order valence-electron chi connectivity index (χ0n) is 11.4. The van der Waals surface area contributed by atoms with E-state index in [1.165, 1.54) is 10.9 Å². The molecular formula is C15H19N3O2. The van der Waals surface area contributed by atoms with Crippen LogP contribution in [0.4, 0.5) is 4.79 Å². The van der Waals surface area contributed by atoms with Crippen LogP contribution < -0.4 is 5.32 Å². The van der Waals surface area contributed by atoms with E-state index in [1.54, 1.807) is 4.90 Å². The molecule has 1 saturated heterocycles. The molecule has 2 N–H and O–H groups in total. The lowest BCUT2D eigenvalue weighted by molar-refractivity contribution is 0.0533. The molecule has 2 amide bonds. The molecule has 2 heterocycles. The number of amides is 2. The summed E-state index contributed by atoms with van der Waals surface area (Å²) in [5, 5.41) is 4.20. The van der Waals surface area contributed by atoms with Crippen molar-refractivity contribution in [2.45, 2.75) is 6.42 Å².